The van der Waals surface area contributed by atoms with Crippen LogP contribution >= 0.6 is 24.0 Å². The summed E-state index contributed by atoms with van der Waals surface area (Å²) in [6, 6.07) is 1.95. The largest absolute Gasteiger partial charge is 0.465 e. The zero-order valence-electron chi connectivity index (χ0n) is 13.0. The van der Waals surface area contributed by atoms with Gasteiger partial charge in [-0.3, -0.25) is 14.5 Å². The van der Waals surface area contributed by atoms with Crippen molar-refractivity contribution in [3.63, 3.8) is 0 Å². The molecule has 0 aliphatic carbocycles. The van der Waals surface area contributed by atoms with Gasteiger partial charge in [0.25, 0.3) is 5.91 Å². The number of rotatable bonds is 4. The third kappa shape index (κ3) is 3.86. The maximum absolute atomic E-state index is 12.5. The smallest absolute Gasteiger partial charge is 0.267 e. The van der Waals surface area contributed by atoms with Crippen molar-refractivity contribution in [2.45, 2.75) is 19.0 Å². The molecule has 7 nitrogen and oxygen atoms in total. The summed E-state index contributed by atoms with van der Waals surface area (Å²) in [6.07, 6.45) is 4.48. The second-order valence-corrected chi connectivity index (χ2v) is 9.12. The lowest BCUT2D eigenvalue weighted by Crippen LogP contribution is -2.49. The van der Waals surface area contributed by atoms with E-state index in [4.69, 9.17) is 16.6 Å². The summed E-state index contributed by atoms with van der Waals surface area (Å²) in [7, 11) is -3.27. The number of carbonyl (C=O) groups excluding carboxylic acids is 2. The van der Waals surface area contributed by atoms with Gasteiger partial charge < -0.3 is 9.73 Å². The van der Waals surface area contributed by atoms with Gasteiger partial charge in [-0.05, 0) is 25.1 Å². The van der Waals surface area contributed by atoms with Crippen LogP contribution in [-0.2, 0) is 19.4 Å². The minimum Gasteiger partial charge on any atom is -0.465 e. The van der Waals surface area contributed by atoms with E-state index in [1.807, 2.05) is 0 Å². The Labute approximate surface area is 154 Å². The summed E-state index contributed by atoms with van der Waals surface area (Å²) in [4.78, 5) is 26.5. The van der Waals surface area contributed by atoms with Gasteiger partial charge in [0.05, 0.1) is 23.0 Å². The highest BCUT2D eigenvalue weighted by Gasteiger charge is 2.39. The molecule has 1 aromatic heterocycles. The standard InChI is InChI=1S/C15H14N2O5S3/c1-9(13(18)16-10-4-6-25(20,21)8-10)17-14(19)12(24-15(17)23)7-11-3-2-5-22-11/h2-7,9-10H,8H2,1H3,(H,16,18)/b12-7+/t9-,10+/m1/s1. The molecule has 0 spiro atoms. The minimum atomic E-state index is -3.27. The molecule has 10 heteroatoms. The molecule has 0 saturated carbocycles. The Morgan fingerprint density at radius 2 is 2.32 bits per heavy atom. The van der Waals surface area contributed by atoms with Crippen LogP contribution < -0.4 is 5.32 Å². The lowest BCUT2D eigenvalue weighted by molar-refractivity contribution is -0.132. The van der Waals surface area contributed by atoms with Crippen molar-refractivity contribution >= 4 is 56.0 Å². The maximum atomic E-state index is 12.5. The van der Waals surface area contributed by atoms with Crippen LogP contribution in [0.25, 0.3) is 6.08 Å². The molecule has 2 aliphatic rings. The number of thiocarbonyl (C=S) groups is 1. The first-order valence-corrected chi connectivity index (χ1v) is 10.2. The average molecular weight is 398 g/mol. The molecule has 1 aromatic rings. The Kier molecular flexibility index (Phi) is 4.85. The number of carbonyl (C=O) groups is 2. The zero-order chi connectivity index (χ0) is 18.2. The van der Waals surface area contributed by atoms with Gasteiger partial charge >= 0.3 is 0 Å². The van der Waals surface area contributed by atoms with Crippen LogP contribution in [0.15, 0.2) is 39.2 Å². The van der Waals surface area contributed by atoms with Gasteiger partial charge in [-0.15, -0.1) is 0 Å². The molecule has 25 heavy (non-hydrogen) atoms. The highest BCUT2D eigenvalue weighted by atomic mass is 32.2. The molecule has 0 aromatic carbocycles. The number of nitrogens with zero attached hydrogens (tertiary/aromatic N) is 1. The van der Waals surface area contributed by atoms with E-state index in [9.17, 15) is 18.0 Å². The lowest BCUT2D eigenvalue weighted by atomic mass is 10.2. The number of sulfone groups is 1. The fourth-order valence-corrected chi connectivity index (χ4v) is 5.04. The molecule has 1 N–H and O–H groups in total. The summed E-state index contributed by atoms with van der Waals surface area (Å²) in [6.45, 7) is 1.54. The van der Waals surface area contributed by atoms with E-state index in [1.165, 1.54) is 17.2 Å². The number of furan rings is 1. The number of hydrogen-bond acceptors (Lipinski definition) is 7. The molecule has 2 aliphatic heterocycles. The molecular weight excluding hydrogens is 384 g/mol. The Bertz CT molecular complexity index is 886. The minimum absolute atomic E-state index is 0.178. The predicted octanol–water partition coefficient (Wildman–Crippen LogP) is 1.30. The quantitative estimate of drug-likeness (QED) is 0.603. The van der Waals surface area contributed by atoms with Crippen LogP contribution in [0.1, 0.15) is 12.7 Å². The topological polar surface area (TPSA) is 96.7 Å². The third-order valence-corrected chi connectivity index (χ3v) is 6.39. The van der Waals surface area contributed by atoms with E-state index < -0.39 is 27.8 Å². The molecule has 3 heterocycles. The van der Waals surface area contributed by atoms with Crippen LogP contribution in [0.3, 0.4) is 0 Å². The van der Waals surface area contributed by atoms with E-state index in [0.717, 1.165) is 17.2 Å². The summed E-state index contributed by atoms with van der Waals surface area (Å²) >= 11 is 6.30. The molecule has 132 valence electrons. The fourth-order valence-electron chi connectivity index (χ4n) is 2.40. The molecule has 1 fully saturated rings. The molecule has 2 amide bonds. The van der Waals surface area contributed by atoms with Crippen molar-refractivity contribution in [3.05, 3.63) is 40.5 Å². The first-order valence-electron chi connectivity index (χ1n) is 7.29. The Morgan fingerprint density at radius 3 is 2.92 bits per heavy atom. The van der Waals surface area contributed by atoms with E-state index in [2.05, 4.69) is 5.32 Å². The van der Waals surface area contributed by atoms with Crippen LogP contribution in [0, 0.1) is 0 Å². The van der Waals surface area contributed by atoms with E-state index in [1.54, 1.807) is 25.1 Å². The second kappa shape index (κ2) is 6.77. The summed E-state index contributed by atoms with van der Waals surface area (Å²) in [5.41, 5.74) is 0. The first kappa shape index (κ1) is 17.9. The second-order valence-electron chi connectivity index (χ2n) is 5.52. The summed E-state index contributed by atoms with van der Waals surface area (Å²) in [5, 5.41) is 3.68. The predicted molar refractivity (Wildman–Crippen MR) is 98.0 cm³/mol. The van der Waals surface area contributed by atoms with Gasteiger partial charge in [0, 0.05) is 11.5 Å². The van der Waals surface area contributed by atoms with Gasteiger partial charge in [0.15, 0.2) is 9.84 Å². The Balaban J connectivity index is 1.70. The normalized spacial score (nSPS) is 24.9. The Morgan fingerprint density at radius 1 is 1.56 bits per heavy atom. The third-order valence-electron chi connectivity index (χ3n) is 3.66. The van der Waals surface area contributed by atoms with Crippen LogP contribution in [0.2, 0.25) is 0 Å². The number of amides is 2. The van der Waals surface area contributed by atoms with Gasteiger partial charge in [0.2, 0.25) is 5.91 Å². The first-order chi connectivity index (χ1) is 11.8. The molecule has 0 radical (unpaired) electrons. The van der Waals surface area contributed by atoms with E-state index in [0.29, 0.717) is 10.7 Å². The van der Waals surface area contributed by atoms with Crippen molar-refractivity contribution in [2.75, 3.05) is 5.75 Å². The van der Waals surface area contributed by atoms with E-state index >= 15 is 0 Å². The van der Waals surface area contributed by atoms with Gasteiger partial charge in [0.1, 0.15) is 16.1 Å². The van der Waals surface area contributed by atoms with Gasteiger partial charge in [-0.2, -0.15) is 0 Å². The van der Waals surface area contributed by atoms with Gasteiger partial charge in [-0.1, -0.05) is 24.0 Å². The summed E-state index contributed by atoms with van der Waals surface area (Å²) in [5.74, 6) is -0.521. The van der Waals surface area contributed by atoms with Crippen molar-refractivity contribution in [2.24, 2.45) is 0 Å². The molecule has 3 rings (SSSR count). The Hall–Kier alpha value is -1.91. The molecule has 2 atom stereocenters. The number of thioether (sulfide) groups is 1. The molecular formula is C15H14N2O5S3. The number of hydrogen-bond donors (Lipinski definition) is 1. The maximum Gasteiger partial charge on any atom is 0.267 e. The SMILES string of the molecule is C[C@H](C(=O)N[C@H]1C=CS(=O)(=O)C1)N1C(=O)/C(=C\c2ccco2)SC1=S. The monoisotopic (exact) mass is 398 g/mol. The molecule has 0 unspecified atom stereocenters. The van der Waals surface area contributed by atoms with Crippen LogP contribution in [-0.4, -0.2) is 47.3 Å². The highest BCUT2D eigenvalue weighted by molar-refractivity contribution is 8.26. The molecule has 1 saturated heterocycles. The number of nitrogens with one attached hydrogen (secondary N) is 1. The van der Waals surface area contributed by atoms with Crippen molar-refractivity contribution in [1.29, 1.82) is 0 Å². The van der Waals surface area contributed by atoms with Crippen molar-refractivity contribution in [1.82, 2.24) is 10.2 Å². The van der Waals surface area contributed by atoms with Crippen molar-refractivity contribution < 1.29 is 22.4 Å². The highest BCUT2D eigenvalue weighted by Crippen LogP contribution is 2.34. The lowest BCUT2D eigenvalue weighted by Gasteiger charge is -2.23. The van der Waals surface area contributed by atoms with Crippen LogP contribution in [0.4, 0.5) is 0 Å². The van der Waals surface area contributed by atoms with Crippen molar-refractivity contribution in [3.8, 4) is 0 Å². The molecule has 0 bridgehead atoms. The fraction of sp³-hybridized carbons (Fsp3) is 0.267. The average Bonchev–Trinajstić information content (AvgIpc) is 3.21. The zero-order valence-corrected chi connectivity index (χ0v) is 15.5. The van der Waals surface area contributed by atoms with Crippen LogP contribution in [0.5, 0.6) is 0 Å². The van der Waals surface area contributed by atoms with E-state index in [-0.39, 0.29) is 16.0 Å². The van der Waals surface area contributed by atoms with Gasteiger partial charge in [-0.25, -0.2) is 8.42 Å². The summed E-state index contributed by atoms with van der Waals surface area (Å²) < 4.78 is 28.3.